The van der Waals surface area contributed by atoms with Crippen LogP contribution < -0.4 is 10.1 Å². The predicted octanol–water partition coefficient (Wildman–Crippen LogP) is 1.27. The van der Waals surface area contributed by atoms with Crippen LogP contribution in [-0.4, -0.2) is 42.7 Å². The molecular formula is C13H21N3O. The molecule has 0 aliphatic carbocycles. The predicted molar refractivity (Wildman–Crippen MR) is 68.1 cm³/mol. The molecule has 1 aromatic rings. The standard InChI is InChI=1S/C13H21N3O/c1-3-12-10-16(8-7-14-12)9-11-5-4-6-15-13(11)17-2/h4-6,12,14H,3,7-10H2,1-2H3. The Kier molecular flexibility index (Phi) is 4.34. The highest BCUT2D eigenvalue weighted by Crippen LogP contribution is 2.17. The Hall–Kier alpha value is -1.13. The highest BCUT2D eigenvalue weighted by molar-refractivity contribution is 5.25. The molecule has 1 saturated heterocycles. The highest BCUT2D eigenvalue weighted by Gasteiger charge is 2.18. The summed E-state index contributed by atoms with van der Waals surface area (Å²) in [6.45, 7) is 6.42. The van der Waals surface area contributed by atoms with Crippen molar-refractivity contribution in [1.82, 2.24) is 15.2 Å². The topological polar surface area (TPSA) is 37.4 Å². The van der Waals surface area contributed by atoms with Crippen LogP contribution in [0.15, 0.2) is 18.3 Å². The number of methoxy groups -OCH3 is 1. The first-order valence-corrected chi connectivity index (χ1v) is 6.27. The summed E-state index contributed by atoms with van der Waals surface area (Å²) in [4.78, 5) is 6.70. The first-order chi connectivity index (χ1) is 8.33. The molecule has 2 heterocycles. The van der Waals surface area contributed by atoms with Crippen molar-refractivity contribution in [3.8, 4) is 5.88 Å². The number of rotatable bonds is 4. The molecule has 0 saturated carbocycles. The molecule has 0 amide bonds. The van der Waals surface area contributed by atoms with E-state index in [2.05, 4.69) is 28.2 Å². The lowest BCUT2D eigenvalue weighted by molar-refractivity contribution is 0.187. The largest absolute Gasteiger partial charge is 0.481 e. The maximum atomic E-state index is 5.29. The maximum absolute atomic E-state index is 5.29. The lowest BCUT2D eigenvalue weighted by atomic mass is 10.1. The van der Waals surface area contributed by atoms with E-state index in [-0.39, 0.29) is 0 Å². The minimum Gasteiger partial charge on any atom is -0.481 e. The van der Waals surface area contributed by atoms with E-state index >= 15 is 0 Å². The first-order valence-electron chi connectivity index (χ1n) is 6.27. The fourth-order valence-electron chi connectivity index (χ4n) is 2.28. The first kappa shape index (κ1) is 12.3. The number of nitrogens with zero attached hydrogens (tertiary/aromatic N) is 2. The Morgan fingerprint density at radius 2 is 2.47 bits per heavy atom. The van der Waals surface area contributed by atoms with Gasteiger partial charge < -0.3 is 10.1 Å². The van der Waals surface area contributed by atoms with Gasteiger partial charge in [-0.3, -0.25) is 4.90 Å². The zero-order valence-electron chi connectivity index (χ0n) is 10.6. The highest BCUT2D eigenvalue weighted by atomic mass is 16.5. The number of ether oxygens (including phenoxy) is 1. The SMILES string of the molecule is CCC1CN(Cc2cccnc2OC)CCN1. The van der Waals surface area contributed by atoms with Crippen LogP contribution in [-0.2, 0) is 6.54 Å². The van der Waals surface area contributed by atoms with Gasteiger partial charge in [-0.05, 0) is 12.5 Å². The number of nitrogens with one attached hydrogen (secondary N) is 1. The molecule has 1 unspecified atom stereocenters. The minimum atomic E-state index is 0.617. The van der Waals surface area contributed by atoms with Gasteiger partial charge in [0.05, 0.1) is 7.11 Å². The summed E-state index contributed by atoms with van der Waals surface area (Å²) in [6.07, 6.45) is 2.95. The molecule has 4 heteroatoms. The molecule has 1 atom stereocenters. The lowest BCUT2D eigenvalue weighted by Crippen LogP contribution is -2.49. The molecule has 94 valence electrons. The quantitative estimate of drug-likeness (QED) is 0.853. The maximum Gasteiger partial charge on any atom is 0.217 e. The molecular weight excluding hydrogens is 214 g/mol. The Bertz CT molecular complexity index is 356. The van der Waals surface area contributed by atoms with Gasteiger partial charge in [-0.15, -0.1) is 0 Å². The zero-order chi connectivity index (χ0) is 12.1. The molecule has 0 bridgehead atoms. The molecule has 0 spiro atoms. The number of hydrogen-bond acceptors (Lipinski definition) is 4. The third-order valence-corrected chi connectivity index (χ3v) is 3.27. The molecule has 17 heavy (non-hydrogen) atoms. The third-order valence-electron chi connectivity index (χ3n) is 3.27. The zero-order valence-corrected chi connectivity index (χ0v) is 10.6. The normalized spacial score (nSPS) is 21.4. The summed E-state index contributed by atoms with van der Waals surface area (Å²) >= 11 is 0. The second-order valence-electron chi connectivity index (χ2n) is 4.47. The van der Waals surface area contributed by atoms with Crippen molar-refractivity contribution in [2.75, 3.05) is 26.7 Å². The average molecular weight is 235 g/mol. The van der Waals surface area contributed by atoms with E-state index < -0.39 is 0 Å². The smallest absolute Gasteiger partial charge is 0.217 e. The van der Waals surface area contributed by atoms with Gasteiger partial charge in [-0.25, -0.2) is 4.98 Å². The molecule has 1 aliphatic rings. The fraction of sp³-hybridized carbons (Fsp3) is 0.615. The molecule has 1 N–H and O–H groups in total. The lowest BCUT2D eigenvalue weighted by Gasteiger charge is -2.33. The van der Waals surface area contributed by atoms with E-state index in [9.17, 15) is 0 Å². The Balaban J connectivity index is 2.00. The van der Waals surface area contributed by atoms with E-state index in [0.717, 1.165) is 32.1 Å². The van der Waals surface area contributed by atoms with E-state index in [1.165, 1.54) is 12.0 Å². The molecule has 0 radical (unpaired) electrons. The van der Waals surface area contributed by atoms with Gasteiger partial charge in [0.25, 0.3) is 0 Å². The summed E-state index contributed by atoms with van der Waals surface area (Å²) in [7, 11) is 1.68. The van der Waals surface area contributed by atoms with Gasteiger partial charge in [0.2, 0.25) is 5.88 Å². The van der Waals surface area contributed by atoms with Crippen LogP contribution in [0.5, 0.6) is 5.88 Å². The van der Waals surface area contributed by atoms with Crippen LogP contribution in [0.25, 0.3) is 0 Å². The van der Waals surface area contributed by atoms with Gasteiger partial charge in [-0.1, -0.05) is 13.0 Å². The van der Waals surface area contributed by atoms with Gasteiger partial charge in [0, 0.05) is 44.0 Å². The molecule has 0 aromatic carbocycles. The average Bonchev–Trinajstić information content (AvgIpc) is 2.39. The summed E-state index contributed by atoms with van der Waals surface area (Å²) in [5.74, 6) is 0.749. The van der Waals surface area contributed by atoms with Crippen LogP contribution in [0.2, 0.25) is 0 Å². The van der Waals surface area contributed by atoms with Gasteiger partial charge in [0.1, 0.15) is 0 Å². The fourth-order valence-corrected chi connectivity index (χ4v) is 2.28. The number of hydrogen-bond donors (Lipinski definition) is 1. The van der Waals surface area contributed by atoms with Gasteiger partial charge >= 0.3 is 0 Å². The number of aromatic nitrogens is 1. The van der Waals surface area contributed by atoms with Crippen molar-refractivity contribution in [2.45, 2.75) is 25.9 Å². The Morgan fingerprint density at radius 3 is 3.24 bits per heavy atom. The Morgan fingerprint density at radius 1 is 1.59 bits per heavy atom. The molecule has 1 aromatic heterocycles. The van der Waals surface area contributed by atoms with Crippen LogP contribution in [0.4, 0.5) is 0 Å². The molecule has 2 rings (SSSR count). The van der Waals surface area contributed by atoms with Crippen molar-refractivity contribution in [3.05, 3.63) is 23.9 Å². The Labute approximate surface area is 103 Å². The van der Waals surface area contributed by atoms with Crippen LogP contribution in [0.3, 0.4) is 0 Å². The second kappa shape index (κ2) is 5.98. The summed E-state index contributed by atoms with van der Waals surface area (Å²) in [6, 6.07) is 4.68. The van der Waals surface area contributed by atoms with Crippen LogP contribution >= 0.6 is 0 Å². The molecule has 1 aliphatic heterocycles. The van der Waals surface area contributed by atoms with Crippen molar-refractivity contribution in [2.24, 2.45) is 0 Å². The molecule has 4 nitrogen and oxygen atoms in total. The van der Waals surface area contributed by atoms with E-state index in [1.807, 2.05) is 6.07 Å². The van der Waals surface area contributed by atoms with Gasteiger partial charge in [0.15, 0.2) is 0 Å². The minimum absolute atomic E-state index is 0.617. The summed E-state index contributed by atoms with van der Waals surface area (Å²) in [5, 5.41) is 3.52. The van der Waals surface area contributed by atoms with E-state index in [1.54, 1.807) is 13.3 Å². The van der Waals surface area contributed by atoms with Crippen molar-refractivity contribution in [1.29, 1.82) is 0 Å². The van der Waals surface area contributed by atoms with Crippen molar-refractivity contribution < 1.29 is 4.74 Å². The van der Waals surface area contributed by atoms with Gasteiger partial charge in [-0.2, -0.15) is 0 Å². The van der Waals surface area contributed by atoms with E-state index in [0.29, 0.717) is 6.04 Å². The van der Waals surface area contributed by atoms with Crippen molar-refractivity contribution in [3.63, 3.8) is 0 Å². The third kappa shape index (κ3) is 3.17. The monoisotopic (exact) mass is 235 g/mol. The van der Waals surface area contributed by atoms with Crippen LogP contribution in [0.1, 0.15) is 18.9 Å². The summed E-state index contributed by atoms with van der Waals surface area (Å²) in [5.41, 5.74) is 1.17. The van der Waals surface area contributed by atoms with Crippen molar-refractivity contribution >= 4 is 0 Å². The number of piperazine rings is 1. The van der Waals surface area contributed by atoms with E-state index in [4.69, 9.17) is 4.74 Å². The molecule has 1 fully saturated rings. The van der Waals surface area contributed by atoms with Crippen LogP contribution in [0, 0.1) is 0 Å². The second-order valence-corrected chi connectivity index (χ2v) is 4.47. The summed E-state index contributed by atoms with van der Waals surface area (Å²) < 4.78 is 5.29. The number of pyridine rings is 1.